The van der Waals surface area contributed by atoms with E-state index in [0.29, 0.717) is 13.2 Å². The van der Waals surface area contributed by atoms with Crippen LogP contribution in [0.5, 0.6) is 17.2 Å². The zero-order valence-electron chi connectivity index (χ0n) is 21.4. The first-order chi connectivity index (χ1) is 17.5. The summed E-state index contributed by atoms with van der Waals surface area (Å²) < 4.78 is 39.5. The third-order valence-electron chi connectivity index (χ3n) is 6.90. The topological polar surface area (TPSA) is 58.0 Å². The Hall–Kier alpha value is -3.10. The van der Waals surface area contributed by atoms with Gasteiger partial charge in [0.2, 0.25) is 0 Å². The number of imidazole rings is 1. The van der Waals surface area contributed by atoms with Gasteiger partial charge in [-0.25, -0.2) is 9.37 Å². The minimum absolute atomic E-state index is 0.268. The molecule has 36 heavy (non-hydrogen) atoms. The van der Waals surface area contributed by atoms with Gasteiger partial charge < -0.3 is 23.5 Å². The molecule has 8 heteroatoms. The molecule has 0 N–H and O–H groups in total. The molecule has 194 valence electrons. The van der Waals surface area contributed by atoms with Crippen LogP contribution in [0, 0.1) is 12.7 Å². The van der Waals surface area contributed by atoms with E-state index < -0.39 is 5.60 Å². The zero-order chi connectivity index (χ0) is 25.4. The second-order valence-corrected chi connectivity index (χ2v) is 9.24. The number of likely N-dealkylation sites (tertiary alicyclic amines) is 1. The molecule has 1 fully saturated rings. The lowest BCUT2D eigenvalue weighted by atomic mass is 9.95. The number of aryl methyl sites for hydroxylation is 1. The van der Waals surface area contributed by atoms with E-state index in [4.69, 9.17) is 18.9 Å². The number of halogens is 1. The number of ether oxygens (including phenoxy) is 4. The van der Waals surface area contributed by atoms with Crippen LogP contribution in [0.2, 0.25) is 0 Å². The highest BCUT2D eigenvalue weighted by atomic mass is 19.1. The van der Waals surface area contributed by atoms with Gasteiger partial charge in [-0.15, -0.1) is 0 Å². The normalized spacial score (nSPS) is 18.6. The van der Waals surface area contributed by atoms with Crippen LogP contribution in [0.3, 0.4) is 0 Å². The molecule has 2 heterocycles. The molecule has 0 amide bonds. The van der Waals surface area contributed by atoms with Gasteiger partial charge in [0.1, 0.15) is 24.6 Å². The summed E-state index contributed by atoms with van der Waals surface area (Å²) in [5.74, 6) is 2.35. The van der Waals surface area contributed by atoms with Gasteiger partial charge in [-0.05, 0) is 62.6 Å². The Balaban J connectivity index is 1.35. The average Bonchev–Trinajstić information content (AvgIpc) is 3.19. The SMILES string of the molecule is COc1ccc(CN2CCC[C@@](COc3ccccc3F)(OC)CC2)cc1OCCn1ccnc1C. The smallest absolute Gasteiger partial charge is 0.165 e. The molecule has 3 aromatic rings. The van der Waals surface area contributed by atoms with Crippen LogP contribution in [-0.4, -0.2) is 60.6 Å². The minimum Gasteiger partial charge on any atom is -0.493 e. The Labute approximate surface area is 212 Å². The van der Waals surface area contributed by atoms with Gasteiger partial charge in [-0.2, -0.15) is 0 Å². The Morgan fingerprint density at radius 3 is 2.61 bits per heavy atom. The Morgan fingerprint density at radius 1 is 1.00 bits per heavy atom. The molecular weight excluding hydrogens is 461 g/mol. The number of aromatic nitrogens is 2. The maximum Gasteiger partial charge on any atom is 0.165 e. The van der Waals surface area contributed by atoms with Crippen molar-refractivity contribution in [1.29, 1.82) is 0 Å². The number of para-hydroxylation sites is 1. The van der Waals surface area contributed by atoms with Gasteiger partial charge in [0.25, 0.3) is 0 Å². The molecule has 0 saturated carbocycles. The van der Waals surface area contributed by atoms with Crippen molar-refractivity contribution in [3.8, 4) is 17.2 Å². The first kappa shape index (κ1) is 26.0. The predicted octanol–water partition coefficient (Wildman–Crippen LogP) is 4.87. The van der Waals surface area contributed by atoms with E-state index in [1.807, 2.05) is 19.2 Å². The van der Waals surface area contributed by atoms with Gasteiger partial charge in [-0.1, -0.05) is 18.2 Å². The summed E-state index contributed by atoms with van der Waals surface area (Å²) in [6.07, 6.45) is 6.38. The average molecular weight is 498 g/mol. The third-order valence-corrected chi connectivity index (χ3v) is 6.90. The maximum absolute atomic E-state index is 14.0. The third kappa shape index (κ3) is 6.56. The fourth-order valence-electron chi connectivity index (χ4n) is 4.64. The number of hydrogen-bond donors (Lipinski definition) is 0. The lowest BCUT2D eigenvalue weighted by molar-refractivity contribution is -0.0548. The van der Waals surface area contributed by atoms with Crippen molar-refractivity contribution in [1.82, 2.24) is 14.5 Å². The lowest BCUT2D eigenvalue weighted by Gasteiger charge is -2.31. The maximum atomic E-state index is 14.0. The molecule has 1 saturated heterocycles. The molecule has 4 rings (SSSR count). The monoisotopic (exact) mass is 497 g/mol. The molecule has 0 radical (unpaired) electrons. The van der Waals surface area contributed by atoms with Crippen LogP contribution in [-0.2, 0) is 17.8 Å². The summed E-state index contributed by atoms with van der Waals surface area (Å²) >= 11 is 0. The predicted molar refractivity (Wildman–Crippen MR) is 136 cm³/mol. The van der Waals surface area contributed by atoms with Gasteiger partial charge in [0.15, 0.2) is 23.1 Å². The molecule has 1 aliphatic heterocycles. The van der Waals surface area contributed by atoms with Crippen LogP contribution >= 0.6 is 0 Å². The zero-order valence-corrected chi connectivity index (χ0v) is 21.4. The summed E-state index contributed by atoms with van der Waals surface area (Å²) in [5, 5.41) is 0. The van der Waals surface area contributed by atoms with E-state index in [1.54, 1.807) is 38.6 Å². The molecule has 0 bridgehead atoms. The fourth-order valence-corrected chi connectivity index (χ4v) is 4.64. The van der Waals surface area contributed by atoms with E-state index in [1.165, 1.54) is 6.07 Å². The Morgan fingerprint density at radius 2 is 1.86 bits per heavy atom. The molecule has 0 unspecified atom stereocenters. The van der Waals surface area contributed by atoms with Crippen LogP contribution in [0.25, 0.3) is 0 Å². The highest BCUT2D eigenvalue weighted by Crippen LogP contribution is 2.31. The molecule has 7 nitrogen and oxygen atoms in total. The van der Waals surface area contributed by atoms with E-state index >= 15 is 0 Å². The Kier molecular flexibility index (Phi) is 8.83. The summed E-state index contributed by atoms with van der Waals surface area (Å²) in [7, 11) is 3.38. The molecule has 1 aromatic heterocycles. The standard InChI is InChI=1S/C28H36FN3O4/c1-22-30-13-16-32(22)17-18-35-27-19-23(9-10-26(27)33-2)20-31-14-6-11-28(34-3,12-15-31)21-36-25-8-5-4-7-24(25)29/h4-5,7-10,13,16,19H,6,11-12,14-15,17-18,20-21H2,1-3H3/t28-/m1/s1. The van der Waals surface area contributed by atoms with Crippen LogP contribution in [0.1, 0.15) is 30.7 Å². The molecule has 1 aliphatic rings. The van der Waals surface area contributed by atoms with Crippen LogP contribution in [0.15, 0.2) is 54.9 Å². The van der Waals surface area contributed by atoms with E-state index in [9.17, 15) is 4.39 Å². The first-order valence-electron chi connectivity index (χ1n) is 12.4. The highest BCUT2D eigenvalue weighted by molar-refractivity contribution is 5.43. The summed E-state index contributed by atoms with van der Waals surface area (Å²) in [4.78, 5) is 6.67. The van der Waals surface area contributed by atoms with E-state index in [2.05, 4.69) is 26.6 Å². The lowest BCUT2D eigenvalue weighted by Crippen LogP contribution is -2.39. The van der Waals surface area contributed by atoms with Gasteiger partial charge in [0.05, 0.1) is 13.7 Å². The molecule has 1 atom stereocenters. The van der Waals surface area contributed by atoms with Crippen LogP contribution in [0.4, 0.5) is 4.39 Å². The highest BCUT2D eigenvalue weighted by Gasteiger charge is 2.34. The van der Waals surface area contributed by atoms with Crippen molar-refractivity contribution in [2.45, 2.75) is 44.9 Å². The Bertz CT molecular complexity index is 1120. The van der Waals surface area contributed by atoms with Gasteiger partial charge >= 0.3 is 0 Å². The molecule has 0 spiro atoms. The van der Waals surface area contributed by atoms with Crippen molar-refractivity contribution in [3.05, 3.63) is 72.1 Å². The minimum atomic E-state index is -0.434. The number of methoxy groups -OCH3 is 2. The van der Waals surface area contributed by atoms with Crippen molar-refractivity contribution in [2.75, 3.05) is 40.5 Å². The quantitative estimate of drug-likeness (QED) is 0.377. The molecular formula is C28H36FN3O4. The van der Waals surface area contributed by atoms with Crippen molar-refractivity contribution >= 4 is 0 Å². The first-order valence-corrected chi connectivity index (χ1v) is 12.4. The van der Waals surface area contributed by atoms with Gasteiger partial charge in [-0.3, -0.25) is 4.90 Å². The second kappa shape index (κ2) is 12.2. The number of hydrogen-bond acceptors (Lipinski definition) is 6. The summed E-state index contributed by atoms with van der Waals surface area (Å²) in [5.41, 5.74) is 0.730. The number of benzene rings is 2. The molecule has 0 aliphatic carbocycles. The van der Waals surface area contributed by atoms with E-state index in [0.717, 1.165) is 68.3 Å². The number of nitrogens with zero attached hydrogens (tertiary/aromatic N) is 3. The van der Waals surface area contributed by atoms with E-state index in [-0.39, 0.29) is 11.6 Å². The van der Waals surface area contributed by atoms with Crippen LogP contribution < -0.4 is 14.2 Å². The summed E-state index contributed by atoms with van der Waals surface area (Å²) in [6.45, 7) is 6.17. The summed E-state index contributed by atoms with van der Waals surface area (Å²) in [6, 6.07) is 12.6. The van der Waals surface area contributed by atoms with Crippen molar-refractivity contribution < 1.29 is 23.3 Å². The van der Waals surface area contributed by atoms with Gasteiger partial charge in [0, 0.05) is 32.6 Å². The number of rotatable bonds is 11. The molecule has 2 aromatic carbocycles. The second-order valence-electron chi connectivity index (χ2n) is 9.24. The van der Waals surface area contributed by atoms with Crippen molar-refractivity contribution in [2.24, 2.45) is 0 Å². The largest absolute Gasteiger partial charge is 0.493 e. The van der Waals surface area contributed by atoms with Crippen molar-refractivity contribution in [3.63, 3.8) is 0 Å². The fraction of sp³-hybridized carbons (Fsp3) is 0.464.